The van der Waals surface area contributed by atoms with E-state index in [1.807, 2.05) is 42.6 Å². The zero-order chi connectivity index (χ0) is 21.9. The van der Waals surface area contributed by atoms with Crippen LogP contribution in [-0.2, 0) is 11.2 Å². The number of para-hydroxylation sites is 1. The van der Waals surface area contributed by atoms with Crippen LogP contribution < -0.4 is 14.8 Å². The summed E-state index contributed by atoms with van der Waals surface area (Å²) >= 11 is 6.32. The maximum absolute atomic E-state index is 12.8. The summed E-state index contributed by atoms with van der Waals surface area (Å²) in [5, 5.41) is 4.74. The number of aromatic nitrogens is 1. The van der Waals surface area contributed by atoms with Crippen LogP contribution in [0.4, 0.5) is 0 Å². The van der Waals surface area contributed by atoms with Gasteiger partial charge < -0.3 is 19.8 Å². The maximum Gasteiger partial charge on any atom is 0.224 e. The van der Waals surface area contributed by atoms with E-state index < -0.39 is 0 Å². The van der Waals surface area contributed by atoms with Crippen molar-refractivity contribution in [3.05, 3.63) is 94.6 Å². The molecule has 0 bridgehead atoms. The van der Waals surface area contributed by atoms with E-state index in [9.17, 15) is 4.79 Å². The molecule has 0 fully saturated rings. The molecule has 1 aliphatic heterocycles. The van der Waals surface area contributed by atoms with Gasteiger partial charge in [0, 0.05) is 29.6 Å². The molecule has 0 radical (unpaired) electrons. The maximum atomic E-state index is 12.8. The molecule has 0 saturated heterocycles. The Morgan fingerprint density at radius 3 is 2.69 bits per heavy atom. The first kappa shape index (κ1) is 20.5. The molecule has 1 unspecified atom stereocenters. The molecule has 5 nitrogen and oxygen atoms in total. The van der Waals surface area contributed by atoms with Crippen LogP contribution in [0.5, 0.6) is 11.5 Å². The number of amides is 1. The molecule has 1 aromatic heterocycles. The lowest BCUT2D eigenvalue weighted by atomic mass is 9.91. The lowest BCUT2D eigenvalue weighted by Gasteiger charge is -2.20. The number of aromatic amines is 1. The number of rotatable bonds is 6. The summed E-state index contributed by atoms with van der Waals surface area (Å²) < 4.78 is 11.2. The van der Waals surface area contributed by atoms with Crippen molar-refractivity contribution in [3.63, 3.8) is 0 Å². The second-order valence-corrected chi connectivity index (χ2v) is 8.24. The van der Waals surface area contributed by atoms with Gasteiger partial charge >= 0.3 is 0 Å². The van der Waals surface area contributed by atoms with Gasteiger partial charge in [0.25, 0.3) is 0 Å². The Bertz CT molecular complexity index is 1250. The highest BCUT2D eigenvalue weighted by Crippen LogP contribution is 2.38. The van der Waals surface area contributed by atoms with Crippen molar-refractivity contribution in [1.82, 2.24) is 10.3 Å². The molecule has 0 aliphatic carbocycles. The fraction of sp³-hybridized carbons (Fsp3) is 0.192. The van der Waals surface area contributed by atoms with Crippen LogP contribution in [0.3, 0.4) is 0 Å². The Labute approximate surface area is 191 Å². The van der Waals surface area contributed by atoms with Crippen LogP contribution in [0.1, 0.15) is 22.6 Å². The fourth-order valence-corrected chi connectivity index (χ4v) is 4.49. The molecular formula is C26H23ClN2O3. The second-order valence-electron chi connectivity index (χ2n) is 7.84. The summed E-state index contributed by atoms with van der Waals surface area (Å²) in [6, 6.07) is 22.1. The van der Waals surface area contributed by atoms with Gasteiger partial charge in [0.1, 0.15) is 13.2 Å². The third-order valence-electron chi connectivity index (χ3n) is 5.72. The quantitative estimate of drug-likeness (QED) is 0.434. The van der Waals surface area contributed by atoms with Gasteiger partial charge in [0.15, 0.2) is 11.5 Å². The van der Waals surface area contributed by atoms with Crippen LogP contribution in [0.25, 0.3) is 10.9 Å². The third-order valence-corrected chi connectivity index (χ3v) is 6.00. The molecule has 162 valence electrons. The van der Waals surface area contributed by atoms with Gasteiger partial charge in [-0.3, -0.25) is 4.79 Å². The highest BCUT2D eigenvalue weighted by molar-refractivity contribution is 6.32. The number of H-pyrrole nitrogens is 1. The predicted molar refractivity (Wildman–Crippen MR) is 126 cm³/mol. The second kappa shape index (κ2) is 8.97. The number of nitrogens with one attached hydrogen (secondary N) is 2. The average molecular weight is 447 g/mol. The number of benzene rings is 3. The third kappa shape index (κ3) is 4.16. The highest BCUT2D eigenvalue weighted by atomic mass is 35.5. The summed E-state index contributed by atoms with van der Waals surface area (Å²) in [5.74, 6) is 1.09. The van der Waals surface area contributed by atoms with Crippen LogP contribution in [0, 0.1) is 0 Å². The molecule has 32 heavy (non-hydrogen) atoms. The van der Waals surface area contributed by atoms with E-state index in [0.717, 1.165) is 27.6 Å². The lowest BCUT2D eigenvalue weighted by Crippen LogP contribution is -2.30. The van der Waals surface area contributed by atoms with E-state index in [1.54, 1.807) is 6.07 Å². The SMILES string of the molecule is O=C(Cc1cc(Cl)c2c(c1)OCCO2)NCC(c1ccccc1)c1c[nH]c2ccccc12. The first-order chi connectivity index (χ1) is 15.7. The van der Waals surface area contributed by atoms with Gasteiger partial charge in [-0.2, -0.15) is 0 Å². The molecule has 2 N–H and O–H groups in total. The van der Waals surface area contributed by atoms with Crippen LogP contribution in [-0.4, -0.2) is 30.6 Å². The number of hydrogen-bond donors (Lipinski definition) is 2. The smallest absolute Gasteiger partial charge is 0.224 e. The molecule has 6 heteroatoms. The molecule has 1 amide bonds. The summed E-state index contributed by atoms with van der Waals surface area (Å²) in [6.07, 6.45) is 2.25. The summed E-state index contributed by atoms with van der Waals surface area (Å²) in [7, 11) is 0. The molecular weight excluding hydrogens is 424 g/mol. The summed E-state index contributed by atoms with van der Waals surface area (Å²) in [5.41, 5.74) is 4.19. The molecule has 1 aliphatic rings. The zero-order valence-electron chi connectivity index (χ0n) is 17.4. The summed E-state index contributed by atoms with van der Waals surface area (Å²) in [4.78, 5) is 16.2. The Kier molecular flexibility index (Phi) is 5.73. The van der Waals surface area contributed by atoms with Gasteiger partial charge in [-0.1, -0.05) is 60.1 Å². The minimum Gasteiger partial charge on any atom is -0.486 e. The van der Waals surface area contributed by atoms with E-state index in [1.165, 1.54) is 0 Å². The van der Waals surface area contributed by atoms with Crippen LogP contribution in [0.2, 0.25) is 5.02 Å². The Balaban J connectivity index is 1.35. The van der Waals surface area contributed by atoms with Crippen molar-refractivity contribution >= 4 is 28.4 Å². The Morgan fingerprint density at radius 1 is 1.03 bits per heavy atom. The standard InChI is InChI=1S/C26H23ClN2O3/c27-22-12-17(13-24-26(22)32-11-10-31-24)14-25(30)29-15-20(18-6-2-1-3-7-18)21-16-28-23-9-5-4-8-19(21)23/h1-9,12-13,16,20,28H,10-11,14-15H2,(H,29,30). The van der Waals surface area contributed by atoms with Crippen LogP contribution >= 0.6 is 11.6 Å². The predicted octanol–water partition coefficient (Wildman–Crippen LogP) is 5.08. The molecule has 1 atom stereocenters. The molecule has 4 aromatic rings. The number of hydrogen-bond acceptors (Lipinski definition) is 3. The Hall–Kier alpha value is -3.44. The molecule has 0 saturated carbocycles. The van der Waals surface area contributed by atoms with E-state index in [2.05, 4.69) is 34.6 Å². The van der Waals surface area contributed by atoms with Gasteiger partial charge in [-0.05, 0) is 34.9 Å². The molecule has 5 rings (SSSR count). The topological polar surface area (TPSA) is 63.4 Å². The number of ether oxygens (including phenoxy) is 2. The van der Waals surface area contributed by atoms with Gasteiger partial charge in [0.05, 0.1) is 11.4 Å². The highest BCUT2D eigenvalue weighted by Gasteiger charge is 2.20. The van der Waals surface area contributed by atoms with Crippen molar-refractivity contribution in [2.75, 3.05) is 19.8 Å². The van der Waals surface area contributed by atoms with Crippen molar-refractivity contribution in [2.24, 2.45) is 0 Å². The van der Waals surface area contributed by atoms with Gasteiger partial charge in [0.2, 0.25) is 5.91 Å². The molecule has 0 spiro atoms. The van der Waals surface area contributed by atoms with Crippen LogP contribution in [0.15, 0.2) is 72.9 Å². The van der Waals surface area contributed by atoms with Crippen molar-refractivity contribution < 1.29 is 14.3 Å². The fourth-order valence-electron chi connectivity index (χ4n) is 4.21. The van der Waals surface area contributed by atoms with Gasteiger partial charge in [-0.25, -0.2) is 0 Å². The first-order valence-corrected chi connectivity index (χ1v) is 11.0. The van der Waals surface area contributed by atoms with Gasteiger partial charge in [-0.15, -0.1) is 0 Å². The van der Waals surface area contributed by atoms with Crippen molar-refractivity contribution in [1.29, 1.82) is 0 Å². The summed E-state index contributed by atoms with van der Waals surface area (Å²) in [6.45, 7) is 1.44. The number of fused-ring (bicyclic) bond motifs is 2. The minimum absolute atomic E-state index is 0.0279. The average Bonchev–Trinajstić information content (AvgIpc) is 3.24. The lowest BCUT2D eigenvalue weighted by molar-refractivity contribution is -0.120. The first-order valence-electron chi connectivity index (χ1n) is 10.6. The normalized spacial score (nSPS) is 13.7. The number of carbonyl (C=O) groups is 1. The number of carbonyl (C=O) groups excluding carboxylic acids is 1. The van der Waals surface area contributed by atoms with E-state index in [-0.39, 0.29) is 18.2 Å². The van der Waals surface area contributed by atoms with E-state index in [0.29, 0.717) is 36.3 Å². The number of halogens is 1. The van der Waals surface area contributed by atoms with E-state index in [4.69, 9.17) is 21.1 Å². The largest absolute Gasteiger partial charge is 0.486 e. The van der Waals surface area contributed by atoms with Crippen molar-refractivity contribution in [3.8, 4) is 11.5 Å². The zero-order valence-corrected chi connectivity index (χ0v) is 18.2. The molecule has 3 aromatic carbocycles. The molecule has 2 heterocycles. The minimum atomic E-state index is -0.0708. The van der Waals surface area contributed by atoms with Crippen molar-refractivity contribution in [2.45, 2.75) is 12.3 Å². The monoisotopic (exact) mass is 446 g/mol. The Morgan fingerprint density at radius 2 is 1.81 bits per heavy atom. The van der Waals surface area contributed by atoms with E-state index >= 15 is 0 Å².